The zero-order valence-electron chi connectivity index (χ0n) is 8.99. The van der Waals surface area contributed by atoms with Gasteiger partial charge < -0.3 is 14.6 Å². The van der Waals surface area contributed by atoms with E-state index in [4.69, 9.17) is 14.6 Å². The molecule has 0 aliphatic rings. The second-order valence-corrected chi connectivity index (χ2v) is 5.52. The van der Waals surface area contributed by atoms with Gasteiger partial charge in [0.1, 0.15) is 12.4 Å². The van der Waals surface area contributed by atoms with Crippen molar-refractivity contribution in [3.63, 3.8) is 0 Å². The maximum absolute atomic E-state index is 10.9. The molecular weight excluding hydrogens is 450 g/mol. The lowest BCUT2D eigenvalue weighted by Crippen LogP contribution is -2.10. The van der Waals surface area contributed by atoms with Gasteiger partial charge in [-0.1, -0.05) is 0 Å². The lowest BCUT2D eigenvalue weighted by Gasteiger charge is -2.11. The number of hydrogen-bond donors (Lipinski definition) is 1. The molecule has 0 aliphatic heterocycles. The minimum absolute atomic E-state index is 0.000649. The van der Waals surface area contributed by atoms with E-state index in [-0.39, 0.29) is 6.61 Å². The molecule has 1 rings (SSSR count). The molecule has 1 aromatic carbocycles. The largest absolute Gasteiger partial charge is 0.489 e. The SMILES string of the molecule is O=Cc1cc(I)cc(I)c1OCCOCCO. The van der Waals surface area contributed by atoms with E-state index in [0.717, 1.165) is 13.4 Å². The number of rotatable bonds is 7. The fraction of sp³-hybridized carbons (Fsp3) is 0.364. The third-order valence-corrected chi connectivity index (χ3v) is 3.30. The van der Waals surface area contributed by atoms with Crippen molar-refractivity contribution in [2.24, 2.45) is 0 Å². The van der Waals surface area contributed by atoms with Gasteiger partial charge in [-0.05, 0) is 57.3 Å². The predicted octanol–water partition coefficient (Wildman–Crippen LogP) is 2.10. The number of benzene rings is 1. The lowest BCUT2D eigenvalue weighted by molar-refractivity contribution is 0.0700. The lowest BCUT2D eigenvalue weighted by atomic mass is 10.2. The zero-order valence-corrected chi connectivity index (χ0v) is 13.3. The Bertz CT molecular complexity index is 382. The van der Waals surface area contributed by atoms with Crippen LogP contribution in [-0.2, 0) is 4.74 Å². The molecule has 0 atom stereocenters. The van der Waals surface area contributed by atoms with Crippen molar-refractivity contribution in [2.75, 3.05) is 26.4 Å². The predicted molar refractivity (Wildman–Crippen MR) is 80.7 cm³/mol. The van der Waals surface area contributed by atoms with Crippen LogP contribution in [-0.4, -0.2) is 37.8 Å². The molecule has 1 N–H and O–H groups in total. The van der Waals surface area contributed by atoms with Gasteiger partial charge >= 0.3 is 0 Å². The van der Waals surface area contributed by atoms with Crippen LogP contribution >= 0.6 is 45.2 Å². The number of aliphatic hydroxyl groups excluding tert-OH is 1. The third-order valence-electron chi connectivity index (χ3n) is 1.87. The second kappa shape index (κ2) is 8.22. The summed E-state index contributed by atoms with van der Waals surface area (Å²) in [5.41, 5.74) is 0.545. The van der Waals surface area contributed by atoms with E-state index >= 15 is 0 Å². The van der Waals surface area contributed by atoms with E-state index in [9.17, 15) is 4.79 Å². The molecule has 0 heterocycles. The van der Waals surface area contributed by atoms with E-state index < -0.39 is 0 Å². The monoisotopic (exact) mass is 462 g/mol. The topological polar surface area (TPSA) is 55.8 Å². The molecule has 17 heavy (non-hydrogen) atoms. The van der Waals surface area contributed by atoms with Gasteiger partial charge in [-0.25, -0.2) is 0 Å². The van der Waals surface area contributed by atoms with E-state index in [2.05, 4.69) is 45.2 Å². The van der Waals surface area contributed by atoms with Gasteiger partial charge in [0.25, 0.3) is 0 Å². The maximum atomic E-state index is 10.9. The Hall–Kier alpha value is 0.0700. The van der Waals surface area contributed by atoms with Gasteiger partial charge in [0, 0.05) is 3.57 Å². The van der Waals surface area contributed by atoms with Crippen molar-refractivity contribution >= 4 is 51.5 Å². The van der Waals surface area contributed by atoms with Gasteiger partial charge in [-0.15, -0.1) is 0 Å². The minimum atomic E-state index is 0.000649. The Kier molecular flexibility index (Phi) is 7.32. The van der Waals surface area contributed by atoms with Crippen LogP contribution < -0.4 is 4.74 Å². The summed E-state index contributed by atoms with van der Waals surface area (Å²) < 4.78 is 12.5. The number of ether oxygens (including phenoxy) is 2. The van der Waals surface area contributed by atoms with Crippen molar-refractivity contribution in [3.8, 4) is 5.75 Å². The maximum Gasteiger partial charge on any atom is 0.153 e. The van der Waals surface area contributed by atoms with Crippen molar-refractivity contribution < 1.29 is 19.4 Å². The summed E-state index contributed by atoms with van der Waals surface area (Å²) in [7, 11) is 0. The first-order valence-electron chi connectivity index (χ1n) is 4.94. The van der Waals surface area contributed by atoms with Crippen LogP contribution in [0.2, 0.25) is 0 Å². The van der Waals surface area contributed by atoms with Crippen LogP contribution in [0.4, 0.5) is 0 Å². The highest BCUT2D eigenvalue weighted by molar-refractivity contribution is 14.1. The summed E-state index contributed by atoms with van der Waals surface area (Å²) in [6.45, 7) is 1.05. The Morgan fingerprint density at radius 1 is 1.24 bits per heavy atom. The molecule has 0 radical (unpaired) electrons. The van der Waals surface area contributed by atoms with E-state index in [1.165, 1.54) is 0 Å². The van der Waals surface area contributed by atoms with Crippen molar-refractivity contribution in [2.45, 2.75) is 0 Å². The van der Waals surface area contributed by atoms with Crippen LogP contribution in [0.15, 0.2) is 12.1 Å². The second-order valence-electron chi connectivity index (χ2n) is 3.11. The molecule has 0 unspecified atom stereocenters. The van der Waals surface area contributed by atoms with Crippen LogP contribution in [0.3, 0.4) is 0 Å². The summed E-state index contributed by atoms with van der Waals surface area (Å²) in [5, 5.41) is 8.53. The first-order valence-corrected chi connectivity index (χ1v) is 7.10. The van der Waals surface area contributed by atoms with Crippen LogP contribution in [0.25, 0.3) is 0 Å². The first-order chi connectivity index (χ1) is 8.19. The standard InChI is InChI=1S/C11H12I2O4/c12-9-5-8(7-15)11(10(13)6-9)17-4-3-16-2-1-14/h5-7,14H,1-4H2. The Morgan fingerprint density at radius 2 is 2.00 bits per heavy atom. The average molecular weight is 462 g/mol. The Labute approximate surface area is 127 Å². The molecule has 0 aliphatic carbocycles. The molecule has 0 saturated carbocycles. The molecular formula is C11H12I2O4. The van der Waals surface area contributed by atoms with Crippen molar-refractivity contribution in [1.29, 1.82) is 0 Å². The van der Waals surface area contributed by atoms with Gasteiger partial charge in [0.05, 0.1) is 29.0 Å². The Balaban J connectivity index is 2.60. The van der Waals surface area contributed by atoms with E-state index in [0.29, 0.717) is 31.1 Å². The van der Waals surface area contributed by atoms with Gasteiger partial charge in [-0.2, -0.15) is 0 Å². The van der Waals surface area contributed by atoms with E-state index in [1.54, 1.807) is 6.07 Å². The quantitative estimate of drug-likeness (QED) is 0.384. The fourth-order valence-corrected chi connectivity index (χ4v) is 3.23. The van der Waals surface area contributed by atoms with E-state index in [1.807, 2.05) is 6.07 Å². The minimum Gasteiger partial charge on any atom is -0.489 e. The molecule has 0 aromatic heterocycles. The molecule has 6 heteroatoms. The third kappa shape index (κ3) is 5.06. The smallest absolute Gasteiger partial charge is 0.153 e. The van der Waals surface area contributed by atoms with Crippen molar-refractivity contribution in [1.82, 2.24) is 0 Å². The Morgan fingerprint density at radius 3 is 2.65 bits per heavy atom. The summed E-state index contributed by atoms with van der Waals surface area (Å²) in [6, 6.07) is 3.72. The van der Waals surface area contributed by atoms with Gasteiger partial charge in [0.2, 0.25) is 0 Å². The fourth-order valence-electron chi connectivity index (χ4n) is 1.19. The number of aldehydes is 1. The number of carbonyl (C=O) groups is 1. The summed E-state index contributed by atoms with van der Waals surface area (Å²) >= 11 is 4.29. The molecule has 0 amide bonds. The number of aliphatic hydroxyl groups is 1. The highest BCUT2D eigenvalue weighted by atomic mass is 127. The number of hydrogen-bond acceptors (Lipinski definition) is 4. The molecule has 0 fully saturated rings. The van der Waals surface area contributed by atoms with Gasteiger partial charge in [-0.3, -0.25) is 4.79 Å². The summed E-state index contributed by atoms with van der Waals surface area (Å²) in [4.78, 5) is 10.9. The summed E-state index contributed by atoms with van der Waals surface area (Å²) in [6.07, 6.45) is 0.786. The summed E-state index contributed by atoms with van der Waals surface area (Å²) in [5.74, 6) is 0.591. The normalized spacial score (nSPS) is 10.3. The average Bonchev–Trinajstić information content (AvgIpc) is 2.30. The first kappa shape index (κ1) is 15.1. The highest BCUT2D eigenvalue weighted by Crippen LogP contribution is 2.27. The van der Waals surface area contributed by atoms with Gasteiger partial charge in [0.15, 0.2) is 6.29 Å². The van der Waals surface area contributed by atoms with Crippen LogP contribution in [0, 0.1) is 7.14 Å². The molecule has 0 spiro atoms. The molecule has 4 nitrogen and oxygen atoms in total. The number of carbonyl (C=O) groups excluding carboxylic acids is 1. The highest BCUT2D eigenvalue weighted by Gasteiger charge is 2.09. The molecule has 1 aromatic rings. The van der Waals surface area contributed by atoms with Crippen LogP contribution in [0.1, 0.15) is 10.4 Å². The zero-order chi connectivity index (χ0) is 12.7. The number of halogens is 2. The van der Waals surface area contributed by atoms with Crippen LogP contribution in [0.5, 0.6) is 5.75 Å². The molecule has 0 saturated heterocycles. The molecule has 94 valence electrons. The van der Waals surface area contributed by atoms with Crippen molar-refractivity contribution in [3.05, 3.63) is 24.8 Å². The molecule has 0 bridgehead atoms.